The molecule has 0 bridgehead atoms. The molecule has 0 aromatic carbocycles. The lowest BCUT2D eigenvalue weighted by molar-refractivity contribution is 0.195. The van der Waals surface area contributed by atoms with Crippen molar-refractivity contribution in [2.24, 2.45) is 0 Å². The molecule has 0 radical (unpaired) electrons. The Labute approximate surface area is 193 Å². The first-order valence-corrected chi connectivity index (χ1v) is 10.4. The number of urea groups is 1. The van der Waals surface area contributed by atoms with Gasteiger partial charge in [0.15, 0.2) is 0 Å². The number of halogens is 4. The third-order valence-corrected chi connectivity index (χ3v) is 6.65. The summed E-state index contributed by atoms with van der Waals surface area (Å²) in [7, 11) is 1.70. The lowest BCUT2D eigenvalue weighted by Crippen LogP contribution is -2.36. The molecule has 10 heteroatoms. The van der Waals surface area contributed by atoms with E-state index in [1.54, 1.807) is 7.05 Å². The maximum Gasteiger partial charge on any atom is 0.343 e. The van der Waals surface area contributed by atoms with Gasteiger partial charge in [0, 0.05) is 42.0 Å². The smallest absolute Gasteiger partial charge is 0.305 e. The third kappa shape index (κ3) is 6.82. The summed E-state index contributed by atoms with van der Waals surface area (Å²) < 4.78 is 10.7. The molecule has 1 aromatic rings. The molecule has 0 saturated heterocycles. The molecule has 0 aliphatic heterocycles. The van der Waals surface area contributed by atoms with E-state index >= 15 is 0 Å². The fourth-order valence-corrected chi connectivity index (χ4v) is 3.53. The number of nitrogens with zero attached hydrogens (tertiary/aromatic N) is 4. The number of carbonyl (C=O) groups excluding carboxylic acids is 1. The zero-order valence-electron chi connectivity index (χ0n) is 13.1. The van der Waals surface area contributed by atoms with Gasteiger partial charge < -0.3 is 3.07 Å². The van der Waals surface area contributed by atoms with Crippen LogP contribution in [0.2, 0.25) is 0 Å². The van der Waals surface area contributed by atoms with Crippen LogP contribution in [0.3, 0.4) is 0 Å². The first kappa shape index (κ1) is 22.3. The van der Waals surface area contributed by atoms with Crippen LogP contribution >= 0.6 is 91.6 Å². The van der Waals surface area contributed by atoms with E-state index in [0.717, 1.165) is 5.69 Å². The fraction of sp³-hybridized carbons (Fsp3) is 0.538. The number of carbonyl (C=O) groups is 1. The molecule has 0 spiro atoms. The zero-order chi connectivity index (χ0) is 17.8. The molecular weight excluding hydrogens is 752 g/mol. The van der Waals surface area contributed by atoms with E-state index < -0.39 is 0 Å². The lowest BCUT2D eigenvalue weighted by atomic mass is 10.1. The highest BCUT2D eigenvalue weighted by atomic mass is 127. The average Bonchev–Trinajstić information content (AvgIpc) is 2.49. The van der Waals surface area contributed by atoms with Crippen molar-refractivity contribution in [2.75, 3.05) is 16.7 Å². The van der Waals surface area contributed by atoms with E-state index in [-0.39, 0.29) is 17.7 Å². The van der Waals surface area contributed by atoms with Gasteiger partial charge in [0.1, 0.15) is 34.9 Å². The molecular formula is C13H18I4N4O2. The number of amides is 2. The SMILES string of the molecule is CN(I)C(=O)N(I)c1cccc(C(CN(I)C(C)(C)C)OI)n1. The second kappa shape index (κ2) is 9.82. The quantitative estimate of drug-likeness (QED) is 0.294. The van der Waals surface area contributed by atoms with Gasteiger partial charge >= 0.3 is 6.03 Å². The van der Waals surface area contributed by atoms with E-state index in [1.165, 1.54) is 6.23 Å². The minimum absolute atomic E-state index is 0.0285. The summed E-state index contributed by atoms with van der Waals surface area (Å²) in [6.07, 6.45) is -0.177. The number of anilines is 1. The van der Waals surface area contributed by atoms with Crippen LogP contribution in [-0.2, 0) is 3.07 Å². The largest absolute Gasteiger partial charge is 0.343 e. The molecule has 0 fully saturated rings. The van der Waals surface area contributed by atoms with Gasteiger partial charge in [-0.15, -0.1) is 0 Å². The first-order valence-electron chi connectivity index (χ1n) is 6.65. The second-order valence-electron chi connectivity index (χ2n) is 5.75. The van der Waals surface area contributed by atoms with Gasteiger partial charge in [-0.05, 0) is 32.9 Å². The van der Waals surface area contributed by atoms with Crippen LogP contribution in [0.4, 0.5) is 10.6 Å². The molecule has 23 heavy (non-hydrogen) atoms. The van der Waals surface area contributed by atoms with Gasteiger partial charge in [0.2, 0.25) is 0 Å². The van der Waals surface area contributed by atoms with Crippen LogP contribution in [0.15, 0.2) is 18.2 Å². The van der Waals surface area contributed by atoms with Gasteiger partial charge in [-0.3, -0.25) is 3.11 Å². The minimum Gasteiger partial charge on any atom is -0.305 e. The first-order chi connectivity index (χ1) is 10.6. The van der Waals surface area contributed by atoms with Gasteiger partial charge in [0.05, 0.1) is 51.4 Å². The molecule has 1 unspecified atom stereocenters. The number of rotatable bonds is 5. The molecule has 0 aliphatic rings. The summed E-state index contributed by atoms with van der Waals surface area (Å²) in [5, 5.41) is 0. The van der Waals surface area contributed by atoms with Crippen molar-refractivity contribution in [1.29, 1.82) is 0 Å². The Hall–Kier alpha value is 1.26. The monoisotopic (exact) mass is 770 g/mol. The number of hydrogen-bond acceptors (Lipinski definition) is 4. The summed E-state index contributed by atoms with van der Waals surface area (Å²) in [5.41, 5.74) is 0.828. The Morgan fingerprint density at radius 1 is 1.30 bits per heavy atom. The van der Waals surface area contributed by atoms with Gasteiger partial charge in [-0.25, -0.2) is 16.0 Å². The maximum absolute atomic E-state index is 12.1. The standard InChI is InChI=1S/C13H18I4N4O2/c1-13(2,3)20(15)8-10(23-17)9-6-5-7-11(18-9)21(16)12(22)19(4)14/h5-7,10H,8H2,1-4H3. The number of aromatic nitrogens is 1. The normalized spacial score (nSPS) is 13.1. The van der Waals surface area contributed by atoms with Crippen LogP contribution in [0.25, 0.3) is 0 Å². The summed E-state index contributed by atoms with van der Waals surface area (Å²) in [4.78, 5) is 16.6. The molecule has 1 aromatic heterocycles. The third-order valence-electron chi connectivity index (χ3n) is 2.88. The molecule has 0 aliphatic carbocycles. The molecule has 1 heterocycles. The number of hydrogen-bond donors (Lipinski definition) is 0. The van der Waals surface area contributed by atoms with E-state index in [4.69, 9.17) is 3.07 Å². The van der Waals surface area contributed by atoms with Gasteiger partial charge in [0.25, 0.3) is 0 Å². The highest BCUT2D eigenvalue weighted by molar-refractivity contribution is 14.1. The van der Waals surface area contributed by atoms with Crippen molar-refractivity contribution in [3.05, 3.63) is 23.9 Å². The maximum atomic E-state index is 12.1. The van der Waals surface area contributed by atoms with Crippen LogP contribution in [-0.4, -0.2) is 36.4 Å². The zero-order valence-corrected chi connectivity index (χ0v) is 21.8. The van der Waals surface area contributed by atoms with Crippen molar-refractivity contribution in [1.82, 2.24) is 11.2 Å². The molecule has 0 N–H and O–H groups in total. The topological polar surface area (TPSA) is 48.9 Å². The molecule has 1 rings (SSSR count). The summed E-state index contributed by atoms with van der Waals surface area (Å²) in [6.45, 7) is 7.14. The molecule has 2 amide bonds. The summed E-state index contributed by atoms with van der Waals surface area (Å²) >= 11 is 8.11. The predicted octanol–water partition coefficient (Wildman–Crippen LogP) is 5.50. The molecule has 0 saturated carbocycles. The Morgan fingerprint density at radius 2 is 1.91 bits per heavy atom. The Kier molecular flexibility index (Phi) is 9.52. The average molecular weight is 770 g/mol. The van der Waals surface area contributed by atoms with Crippen LogP contribution in [0.5, 0.6) is 0 Å². The number of pyridine rings is 1. The summed E-state index contributed by atoms with van der Waals surface area (Å²) in [6, 6.07) is 5.47. The Bertz CT molecular complexity index is 539. The lowest BCUT2D eigenvalue weighted by Gasteiger charge is -2.31. The van der Waals surface area contributed by atoms with Gasteiger partial charge in [-0.1, -0.05) is 6.07 Å². The highest BCUT2D eigenvalue weighted by Gasteiger charge is 2.25. The Balaban J connectivity index is 2.99. The van der Waals surface area contributed by atoms with Crippen molar-refractivity contribution < 1.29 is 7.86 Å². The van der Waals surface area contributed by atoms with Crippen molar-refractivity contribution in [2.45, 2.75) is 32.4 Å². The summed E-state index contributed by atoms with van der Waals surface area (Å²) in [5.74, 6) is 0.589. The van der Waals surface area contributed by atoms with Crippen molar-refractivity contribution in [3.63, 3.8) is 0 Å². The van der Waals surface area contributed by atoms with Crippen molar-refractivity contribution >= 4 is 103 Å². The van der Waals surface area contributed by atoms with Crippen LogP contribution in [0, 0.1) is 0 Å². The van der Waals surface area contributed by atoms with Gasteiger partial charge in [-0.2, -0.15) is 0 Å². The second-order valence-corrected chi connectivity index (χ2v) is 9.84. The van der Waals surface area contributed by atoms with E-state index in [2.05, 4.69) is 51.7 Å². The minimum atomic E-state index is -0.177. The van der Waals surface area contributed by atoms with E-state index in [1.807, 2.05) is 86.9 Å². The van der Waals surface area contributed by atoms with Crippen LogP contribution < -0.4 is 3.11 Å². The van der Waals surface area contributed by atoms with E-state index in [0.29, 0.717) is 12.4 Å². The molecule has 130 valence electrons. The van der Waals surface area contributed by atoms with Crippen LogP contribution in [0.1, 0.15) is 32.6 Å². The Morgan fingerprint density at radius 3 is 2.39 bits per heavy atom. The predicted molar refractivity (Wildman–Crippen MR) is 126 cm³/mol. The molecule has 1 atom stereocenters. The van der Waals surface area contributed by atoms with Crippen molar-refractivity contribution in [3.8, 4) is 0 Å². The molecule has 6 nitrogen and oxygen atoms in total. The highest BCUT2D eigenvalue weighted by Crippen LogP contribution is 2.28. The fourth-order valence-electron chi connectivity index (χ4n) is 1.53. The van der Waals surface area contributed by atoms with E-state index in [9.17, 15) is 4.79 Å².